The monoisotopic (exact) mass is 292 g/mol. The van der Waals surface area contributed by atoms with Gasteiger partial charge in [0.05, 0.1) is 12.5 Å². The number of likely N-dealkylation sites (N-methyl/N-ethyl adjacent to an activating group) is 1. The number of carbonyl (C=O) groups excluding carboxylic acids is 1. The Morgan fingerprint density at radius 1 is 1.38 bits per heavy atom. The fraction of sp³-hybridized carbons (Fsp3) is 0.588. The lowest BCUT2D eigenvalue weighted by molar-refractivity contribution is -0.130. The number of benzene rings is 1. The second kappa shape index (κ2) is 7.46. The van der Waals surface area contributed by atoms with E-state index < -0.39 is 0 Å². The molecule has 0 aliphatic carbocycles. The van der Waals surface area contributed by atoms with Gasteiger partial charge in [-0.05, 0) is 43.5 Å². The molecule has 118 valence electrons. The van der Waals surface area contributed by atoms with Crippen molar-refractivity contribution in [1.82, 2.24) is 4.90 Å². The van der Waals surface area contributed by atoms with Crippen LogP contribution in [0.25, 0.3) is 0 Å². The van der Waals surface area contributed by atoms with Crippen LogP contribution in [0.4, 0.5) is 0 Å². The summed E-state index contributed by atoms with van der Waals surface area (Å²) in [6.07, 6.45) is 0.510. The molecule has 2 N–H and O–H groups in total. The van der Waals surface area contributed by atoms with Crippen LogP contribution < -0.4 is 10.5 Å². The molecule has 1 aromatic rings. The van der Waals surface area contributed by atoms with Gasteiger partial charge in [0.2, 0.25) is 5.91 Å². The van der Waals surface area contributed by atoms with Crippen molar-refractivity contribution < 1.29 is 9.53 Å². The Hall–Kier alpha value is -1.55. The molecule has 4 heteroatoms. The molecule has 0 aromatic heterocycles. The van der Waals surface area contributed by atoms with Crippen molar-refractivity contribution in [3.05, 3.63) is 29.8 Å². The molecular formula is C17H28N2O2. The predicted octanol–water partition coefficient (Wildman–Crippen LogP) is 2.46. The van der Waals surface area contributed by atoms with Gasteiger partial charge < -0.3 is 15.4 Å². The van der Waals surface area contributed by atoms with Crippen LogP contribution in [0.15, 0.2) is 24.3 Å². The van der Waals surface area contributed by atoms with E-state index in [-0.39, 0.29) is 17.4 Å². The molecule has 0 spiro atoms. The second-order valence-electron chi connectivity index (χ2n) is 6.61. The summed E-state index contributed by atoms with van der Waals surface area (Å²) in [5, 5.41) is 0. The van der Waals surface area contributed by atoms with E-state index >= 15 is 0 Å². The van der Waals surface area contributed by atoms with E-state index in [0.29, 0.717) is 19.5 Å². The van der Waals surface area contributed by atoms with Gasteiger partial charge in [-0.2, -0.15) is 0 Å². The van der Waals surface area contributed by atoms with Gasteiger partial charge in [0.25, 0.3) is 0 Å². The van der Waals surface area contributed by atoms with Crippen LogP contribution in [0, 0.1) is 5.41 Å². The summed E-state index contributed by atoms with van der Waals surface area (Å²) in [6.45, 7) is 9.32. The van der Waals surface area contributed by atoms with E-state index in [1.807, 2.05) is 45.2 Å². The molecule has 0 fully saturated rings. The normalized spacial score (nSPS) is 11.6. The second-order valence-corrected chi connectivity index (χ2v) is 6.61. The van der Waals surface area contributed by atoms with Crippen LogP contribution in [0.1, 0.15) is 33.3 Å². The van der Waals surface area contributed by atoms with Gasteiger partial charge >= 0.3 is 0 Å². The SMILES string of the molecule is CC(C)Oc1cccc(CC(=O)N(C)CC(C)(C)CN)c1. The summed E-state index contributed by atoms with van der Waals surface area (Å²) in [7, 11) is 1.83. The van der Waals surface area contributed by atoms with Crippen molar-refractivity contribution in [2.45, 2.75) is 40.2 Å². The van der Waals surface area contributed by atoms with Crippen LogP contribution in [0.2, 0.25) is 0 Å². The van der Waals surface area contributed by atoms with Crippen molar-refractivity contribution in [1.29, 1.82) is 0 Å². The zero-order valence-corrected chi connectivity index (χ0v) is 13.8. The molecule has 1 rings (SSSR count). The average Bonchev–Trinajstić information content (AvgIpc) is 2.37. The van der Waals surface area contributed by atoms with Crippen molar-refractivity contribution in [3.8, 4) is 5.75 Å². The van der Waals surface area contributed by atoms with Crippen LogP contribution in [-0.4, -0.2) is 37.0 Å². The topological polar surface area (TPSA) is 55.6 Å². The lowest BCUT2D eigenvalue weighted by Gasteiger charge is -2.29. The highest BCUT2D eigenvalue weighted by Gasteiger charge is 2.21. The first-order valence-electron chi connectivity index (χ1n) is 7.43. The maximum Gasteiger partial charge on any atom is 0.226 e. The van der Waals surface area contributed by atoms with Gasteiger partial charge in [0, 0.05) is 13.6 Å². The molecule has 0 radical (unpaired) electrons. The number of nitrogens with two attached hydrogens (primary N) is 1. The van der Waals surface area contributed by atoms with E-state index in [1.165, 1.54) is 0 Å². The van der Waals surface area contributed by atoms with Crippen LogP contribution in [-0.2, 0) is 11.2 Å². The lowest BCUT2D eigenvalue weighted by atomic mass is 9.93. The Bertz CT molecular complexity index is 470. The highest BCUT2D eigenvalue weighted by atomic mass is 16.5. The Kier molecular flexibility index (Phi) is 6.21. The zero-order valence-electron chi connectivity index (χ0n) is 13.8. The van der Waals surface area contributed by atoms with Crippen LogP contribution in [0.3, 0.4) is 0 Å². The van der Waals surface area contributed by atoms with E-state index in [2.05, 4.69) is 13.8 Å². The number of ether oxygens (including phenoxy) is 1. The average molecular weight is 292 g/mol. The van der Waals surface area contributed by atoms with Crippen LogP contribution >= 0.6 is 0 Å². The maximum atomic E-state index is 12.3. The van der Waals surface area contributed by atoms with Crippen molar-refractivity contribution in [3.63, 3.8) is 0 Å². The summed E-state index contributed by atoms with van der Waals surface area (Å²) in [5.74, 6) is 0.901. The number of amides is 1. The third-order valence-corrected chi connectivity index (χ3v) is 3.27. The van der Waals surface area contributed by atoms with Gasteiger partial charge in [-0.15, -0.1) is 0 Å². The summed E-state index contributed by atoms with van der Waals surface area (Å²) < 4.78 is 5.65. The minimum Gasteiger partial charge on any atom is -0.491 e. The minimum absolute atomic E-state index is 0.0625. The first-order chi connectivity index (χ1) is 9.73. The molecule has 0 aliphatic rings. The van der Waals surface area contributed by atoms with Gasteiger partial charge in [0.15, 0.2) is 0 Å². The number of nitrogens with zero attached hydrogens (tertiary/aromatic N) is 1. The standard InChI is InChI=1S/C17H28N2O2/c1-13(2)21-15-8-6-7-14(9-15)10-16(20)19(5)12-17(3,4)11-18/h6-9,13H,10-12,18H2,1-5H3. The molecule has 4 nitrogen and oxygen atoms in total. The predicted molar refractivity (Wildman–Crippen MR) is 86.4 cm³/mol. The molecule has 0 unspecified atom stereocenters. The molecule has 1 aromatic carbocycles. The number of hydrogen-bond acceptors (Lipinski definition) is 3. The first kappa shape index (κ1) is 17.5. The first-order valence-corrected chi connectivity index (χ1v) is 7.43. The molecule has 0 bridgehead atoms. The Labute approximate surface area is 128 Å². The number of rotatable bonds is 7. The molecule has 0 heterocycles. The Balaban J connectivity index is 2.66. The highest BCUT2D eigenvalue weighted by molar-refractivity contribution is 5.78. The molecule has 0 aliphatic heterocycles. The van der Waals surface area contributed by atoms with E-state index in [4.69, 9.17) is 10.5 Å². The van der Waals surface area contributed by atoms with E-state index in [9.17, 15) is 4.79 Å². The van der Waals surface area contributed by atoms with Crippen molar-refractivity contribution in [2.24, 2.45) is 11.1 Å². The molecule has 0 saturated heterocycles. The fourth-order valence-electron chi connectivity index (χ4n) is 2.11. The summed E-state index contributed by atoms with van der Waals surface area (Å²) in [5.41, 5.74) is 6.62. The summed E-state index contributed by atoms with van der Waals surface area (Å²) >= 11 is 0. The largest absolute Gasteiger partial charge is 0.491 e. The molecule has 1 amide bonds. The molecule has 0 atom stereocenters. The van der Waals surface area contributed by atoms with E-state index in [1.54, 1.807) is 4.90 Å². The molecule has 21 heavy (non-hydrogen) atoms. The fourth-order valence-corrected chi connectivity index (χ4v) is 2.11. The van der Waals surface area contributed by atoms with Gasteiger partial charge in [-0.3, -0.25) is 4.79 Å². The highest BCUT2D eigenvalue weighted by Crippen LogP contribution is 2.17. The summed E-state index contributed by atoms with van der Waals surface area (Å²) in [6, 6.07) is 7.71. The van der Waals surface area contributed by atoms with Gasteiger partial charge in [-0.1, -0.05) is 26.0 Å². The van der Waals surface area contributed by atoms with Crippen LogP contribution in [0.5, 0.6) is 5.75 Å². The lowest BCUT2D eigenvalue weighted by Crippen LogP contribution is -2.40. The maximum absolute atomic E-state index is 12.3. The van der Waals surface area contributed by atoms with Gasteiger partial charge in [-0.25, -0.2) is 0 Å². The minimum atomic E-state index is -0.0625. The van der Waals surface area contributed by atoms with Gasteiger partial charge in [0.1, 0.15) is 5.75 Å². The molecular weight excluding hydrogens is 264 g/mol. The summed E-state index contributed by atoms with van der Waals surface area (Å²) in [4.78, 5) is 14.0. The Morgan fingerprint density at radius 3 is 2.62 bits per heavy atom. The van der Waals surface area contributed by atoms with Crippen molar-refractivity contribution in [2.75, 3.05) is 20.1 Å². The number of hydrogen-bond donors (Lipinski definition) is 1. The quantitative estimate of drug-likeness (QED) is 0.840. The molecule has 0 saturated carbocycles. The zero-order chi connectivity index (χ0) is 16.0. The van der Waals surface area contributed by atoms with Crippen molar-refractivity contribution >= 4 is 5.91 Å². The smallest absolute Gasteiger partial charge is 0.226 e. The Morgan fingerprint density at radius 2 is 2.05 bits per heavy atom. The third kappa shape index (κ3) is 6.17. The number of carbonyl (C=O) groups is 1. The third-order valence-electron chi connectivity index (χ3n) is 3.27. The van der Waals surface area contributed by atoms with E-state index in [0.717, 1.165) is 11.3 Å².